The molecule has 1 aliphatic heterocycles. The Morgan fingerprint density at radius 2 is 2.11 bits per heavy atom. The summed E-state index contributed by atoms with van der Waals surface area (Å²) in [7, 11) is 0. The number of hydrogen-bond acceptors (Lipinski definition) is 5. The van der Waals surface area contributed by atoms with Crippen LogP contribution in [0.25, 0.3) is 11.1 Å². The Morgan fingerprint density at radius 3 is 2.86 bits per heavy atom. The van der Waals surface area contributed by atoms with Crippen LogP contribution in [0, 0.1) is 6.92 Å². The second-order valence-corrected chi connectivity index (χ2v) is 7.49. The smallest absolute Gasteiger partial charge is 0.165 e. The van der Waals surface area contributed by atoms with Gasteiger partial charge in [-0.3, -0.25) is 9.88 Å². The predicted molar refractivity (Wildman–Crippen MR) is 109 cm³/mol. The zero-order chi connectivity index (χ0) is 19.5. The minimum absolute atomic E-state index is 0.192. The van der Waals surface area contributed by atoms with Crippen molar-refractivity contribution in [2.75, 3.05) is 19.7 Å². The fourth-order valence-corrected chi connectivity index (χ4v) is 3.68. The first-order valence-electron chi connectivity index (χ1n) is 9.78. The highest BCUT2D eigenvalue weighted by atomic mass is 16.5. The Morgan fingerprint density at radius 1 is 1.21 bits per heavy atom. The van der Waals surface area contributed by atoms with E-state index in [1.54, 1.807) is 12.3 Å². The highest BCUT2D eigenvalue weighted by molar-refractivity contribution is 5.68. The molecule has 5 nitrogen and oxygen atoms in total. The molecule has 0 bridgehead atoms. The monoisotopic (exact) mass is 378 g/mol. The van der Waals surface area contributed by atoms with Crippen molar-refractivity contribution in [3.05, 3.63) is 65.9 Å². The Labute approximate surface area is 165 Å². The van der Waals surface area contributed by atoms with Crippen molar-refractivity contribution in [2.45, 2.75) is 32.7 Å². The molecule has 28 heavy (non-hydrogen) atoms. The zero-order valence-corrected chi connectivity index (χ0v) is 16.4. The van der Waals surface area contributed by atoms with Gasteiger partial charge in [0.05, 0.1) is 0 Å². The largest absolute Gasteiger partial charge is 0.504 e. The SMILES string of the molecule is Cc1ccc([C@@H](C)CCN2CCOc3c(O)cc(-c4cccnc4)cc3C2)o1. The summed E-state index contributed by atoms with van der Waals surface area (Å²) in [6.45, 7) is 7.28. The van der Waals surface area contributed by atoms with Crippen molar-refractivity contribution in [3.8, 4) is 22.6 Å². The topological polar surface area (TPSA) is 58.7 Å². The van der Waals surface area contributed by atoms with Gasteiger partial charge in [0, 0.05) is 42.5 Å². The second kappa shape index (κ2) is 8.07. The summed E-state index contributed by atoms with van der Waals surface area (Å²) < 4.78 is 11.6. The number of aromatic hydroxyl groups is 1. The van der Waals surface area contributed by atoms with E-state index in [1.807, 2.05) is 31.3 Å². The fraction of sp³-hybridized carbons (Fsp3) is 0.348. The quantitative estimate of drug-likeness (QED) is 0.695. The van der Waals surface area contributed by atoms with Crippen LogP contribution in [0.3, 0.4) is 0 Å². The van der Waals surface area contributed by atoms with Gasteiger partial charge in [-0.25, -0.2) is 0 Å². The van der Waals surface area contributed by atoms with Crippen LogP contribution in [0.15, 0.2) is 53.2 Å². The van der Waals surface area contributed by atoms with Crippen molar-refractivity contribution >= 4 is 0 Å². The van der Waals surface area contributed by atoms with Crippen molar-refractivity contribution in [1.82, 2.24) is 9.88 Å². The van der Waals surface area contributed by atoms with Gasteiger partial charge in [-0.05, 0) is 55.8 Å². The second-order valence-electron chi connectivity index (χ2n) is 7.49. The van der Waals surface area contributed by atoms with Gasteiger partial charge in [-0.2, -0.15) is 0 Å². The number of furan rings is 1. The van der Waals surface area contributed by atoms with Crippen molar-refractivity contribution in [2.24, 2.45) is 0 Å². The number of aromatic nitrogens is 1. The van der Waals surface area contributed by atoms with Crippen LogP contribution in [0.5, 0.6) is 11.5 Å². The predicted octanol–water partition coefficient (Wildman–Crippen LogP) is 4.74. The van der Waals surface area contributed by atoms with Gasteiger partial charge >= 0.3 is 0 Å². The first-order valence-corrected chi connectivity index (χ1v) is 9.78. The molecule has 1 aromatic carbocycles. The van der Waals surface area contributed by atoms with Gasteiger partial charge < -0.3 is 14.3 Å². The first kappa shape index (κ1) is 18.6. The van der Waals surface area contributed by atoms with Gasteiger partial charge in [0.15, 0.2) is 11.5 Å². The van der Waals surface area contributed by atoms with Crippen molar-refractivity contribution < 1.29 is 14.3 Å². The summed E-state index contributed by atoms with van der Waals surface area (Å²) in [6.07, 6.45) is 4.57. The van der Waals surface area contributed by atoms with Crippen LogP contribution < -0.4 is 4.74 Å². The number of phenolic OH excluding ortho intramolecular Hbond substituents is 1. The zero-order valence-electron chi connectivity index (χ0n) is 16.4. The van der Waals surface area contributed by atoms with E-state index in [0.717, 1.165) is 54.3 Å². The van der Waals surface area contributed by atoms with E-state index in [0.29, 0.717) is 18.3 Å². The first-order chi connectivity index (χ1) is 13.6. The maximum atomic E-state index is 10.5. The van der Waals surface area contributed by atoms with Crippen LogP contribution >= 0.6 is 0 Å². The molecular formula is C23H26N2O3. The molecule has 0 amide bonds. The van der Waals surface area contributed by atoms with E-state index in [1.165, 1.54) is 0 Å². The Bertz CT molecular complexity index is 936. The molecule has 0 spiro atoms. The van der Waals surface area contributed by atoms with Gasteiger partial charge in [0.1, 0.15) is 18.1 Å². The fourth-order valence-electron chi connectivity index (χ4n) is 3.68. The van der Waals surface area contributed by atoms with Gasteiger partial charge in [-0.15, -0.1) is 0 Å². The molecule has 1 N–H and O–H groups in total. The molecule has 0 aliphatic carbocycles. The van der Waals surface area contributed by atoms with Gasteiger partial charge in [0.25, 0.3) is 0 Å². The third kappa shape index (κ3) is 4.04. The molecule has 146 valence electrons. The van der Waals surface area contributed by atoms with E-state index in [2.05, 4.69) is 28.9 Å². The molecule has 4 rings (SSSR count). The summed E-state index contributed by atoms with van der Waals surface area (Å²) >= 11 is 0. The summed E-state index contributed by atoms with van der Waals surface area (Å²) in [5, 5.41) is 10.5. The Hall–Kier alpha value is -2.79. The molecule has 0 saturated carbocycles. The standard InChI is InChI=1S/C23H26N2O3/c1-16(22-6-5-17(2)28-22)7-9-25-10-11-27-23-20(15-25)12-19(13-21(23)26)18-4-3-8-24-14-18/h3-6,8,12-14,16,26H,7,9-11,15H2,1-2H3/t16-/m0/s1. The van der Waals surface area contributed by atoms with E-state index in [9.17, 15) is 5.11 Å². The minimum atomic E-state index is 0.192. The number of fused-ring (bicyclic) bond motifs is 1. The highest BCUT2D eigenvalue weighted by Crippen LogP contribution is 2.37. The van der Waals surface area contributed by atoms with Gasteiger partial charge in [0.2, 0.25) is 0 Å². The lowest BCUT2D eigenvalue weighted by atomic mass is 10.0. The van der Waals surface area contributed by atoms with Crippen LogP contribution in [-0.2, 0) is 6.54 Å². The molecule has 3 heterocycles. The van der Waals surface area contributed by atoms with E-state index in [-0.39, 0.29) is 5.75 Å². The number of ether oxygens (including phenoxy) is 1. The number of hydrogen-bond donors (Lipinski definition) is 1. The van der Waals surface area contributed by atoms with Crippen LogP contribution in [0.2, 0.25) is 0 Å². The van der Waals surface area contributed by atoms with E-state index < -0.39 is 0 Å². The molecule has 0 saturated heterocycles. The molecule has 0 unspecified atom stereocenters. The van der Waals surface area contributed by atoms with Crippen LogP contribution in [0.4, 0.5) is 0 Å². The maximum absolute atomic E-state index is 10.5. The van der Waals surface area contributed by atoms with Crippen LogP contribution in [-0.4, -0.2) is 34.7 Å². The average Bonchev–Trinajstić information content (AvgIpc) is 3.03. The van der Waals surface area contributed by atoms with E-state index >= 15 is 0 Å². The summed E-state index contributed by atoms with van der Waals surface area (Å²) in [5.41, 5.74) is 2.95. The lowest BCUT2D eigenvalue weighted by molar-refractivity contribution is 0.216. The molecule has 2 aromatic heterocycles. The summed E-state index contributed by atoms with van der Waals surface area (Å²) in [6, 6.07) is 11.8. The van der Waals surface area contributed by atoms with Crippen molar-refractivity contribution in [3.63, 3.8) is 0 Å². The third-order valence-electron chi connectivity index (χ3n) is 5.31. The average molecular weight is 378 g/mol. The molecule has 0 fully saturated rings. The highest BCUT2D eigenvalue weighted by Gasteiger charge is 2.21. The summed E-state index contributed by atoms with van der Waals surface area (Å²) in [5.74, 6) is 3.16. The van der Waals surface area contributed by atoms with Crippen LogP contribution in [0.1, 0.15) is 36.3 Å². The summed E-state index contributed by atoms with van der Waals surface area (Å²) in [4.78, 5) is 6.56. The number of benzene rings is 1. The molecule has 1 aliphatic rings. The molecule has 1 atom stereocenters. The number of pyridine rings is 1. The lowest BCUT2D eigenvalue weighted by Crippen LogP contribution is -2.27. The molecule has 3 aromatic rings. The van der Waals surface area contributed by atoms with Gasteiger partial charge in [-0.1, -0.05) is 13.0 Å². The number of phenols is 1. The number of rotatable bonds is 5. The Balaban J connectivity index is 1.50. The third-order valence-corrected chi connectivity index (χ3v) is 5.31. The number of aryl methyl sites for hydroxylation is 1. The molecular weight excluding hydrogens is 352 g/mol. The normalized spacial score (nSPS) is 15.5. The molecule has 0 radical (unpaired) electrons. The Kier molecular flexibility index (Phi) is 5.35. The van der Waals surface area contributed by atoms with Crippen molar-refractivity contribution in [1.29, 1.82) is 0 Å². The number of nitrogens with zero attached hydrogens (tertiary/aromatic N) is 2. The lowest BCUT2D eigenvalue weighted by Gasteiger charge is -2.21. The maximum Gasteiger partial charge on any atom is 0.165 e. The molecule has 5 heteroatoms. The van der Waals surface area contributed by atoms with E-state index in [4.69, 9.17) is 9.15 Å². The minimum Gasteiger partial charge on any atom is -0.504 e.